The summed E-state index contributed by atoms with van der Waals surface area (Å²) >= 11 is 6.32. The number of tetrazole rings is 1. The number of carbonyl (C=O) groups excluding carboxylic acids is 1. The number of aromatic nitrogens is 4. The summed E-state index contributed by atoms with van der Waals surface area (Å²) in [6, 6.07) is 11.0. The third kappa shape index (κ3) is 4.47. The molecular formula is C19H20ClN5O3. The molecule has 0 atom stereocenters. The third-order valence-corrected chi connectivity index (χ3v) is 4.43. The van der Waals surface area contributed by atoms with E-state index in [-0.39, 0.29) is 5.91 Å². The van der Waals surface area contributed by atoms with Crippen molar-refractivity contribution in [1.29, 1.82) is 0 Å². The highest BCUT2D eigenvalue weighted by molar-refractivity contribution is 6.33. The fourth-order valence-electron chi connectivity index (χ4n) is 2.69. The lowest BCUT2D eigenvalue weighted by molar-refractivity contribution is 0.0946. The van der Waals surface area contributed by atoms with Gasteiger partial charge in [0.05, 0.1) is 30.0 Å². The zero-order chi connectivity index (χ0) is 19.9. The van der Waals surface area contributed by atoms with Crippen LogP contribution in [0.4, 0.5) is 0 Å². The molecular weight excluding hydrogens is 382 g/mol. The number of hydrogen-bond donors (Lipinski definition) is 1. The Kier molecular flexibility index (Phi) is 6.57. The highest BCUT2D eigenvalue weighted by atomic mass is 35.5. The second-order valence-corrected chi connectivity index (χ2v) is 6.25. The molecule has 3 rings (SSSR count). The first-order chi connectivity index (χ1) is 13.6. The van der Waals surface area contributed by atoms with Gasteiger partial charge in [-0.25, -0.2) is 0 Å². The van der Waals surface area contributed by atoms with Gasteiger partial charge in [0.25, 0.3) is 5.91 Å². The lowest BCUT2D eigenvalue weighted by Gasteiger charge is -2.14. The van der Waals surface area contributed by atoms with Crippen LogP contribution in [0.15, 0.2) is 42.7 Å². The summed E-state index contributed by atoms with van der Waals surface area (Å²) in [6.07, 6.45) is 1.41. The average Bonchev–Trinajstić information content (AvgIpc) is 3.25. The first-order valence-corrected chi connectivity index (χ1v) is 9.05. The number of nitrogens with one attached hydrogen (secondary N) is 1. The zero-order valence-electron chi connectivity index (χ0n) is 15.6. The highest BCUT2D eigenvalue weighted by Gasteiger charge is 2.17. The maximum absolute atomic E-state index is 12.7. The molecule has 0 unspecified atom stereocenters. The minimum absolute atomic E-state index is 0.298. The average molecular weight is 402 g/mol. The van der Waals surface area contributed by atoms with Crippen molar-refractivity contribution in [2.75, 3.05) is 13.7 Å². The quantitative estimate of drug-likeness (QED) is 0.624. The number of carbonyl (C=O) groups is 1. The molecule has 0 saturated heterocycles. The van der Waals surface area contributed by atoms with Gasteiger partial charge in [-0.05, 0) is 34.5 Å². The largest absolute Gasteiger partial charge is 0.496 e. The molecule has 1 heterocycles. The summed E-state index contributed by atoms with van der Waals surface area (Å²) in [5.74, 6) is 0.0724. The van der Waals surface area contributed by atoms with E-state index in [2.05, 4.69) is 20.8 Å². The maximum Gasteiger partial charge on any atom is 0.255 e. The van der Waals surface area contributed by atoms with Gasteiger partial charge in [0.2, 0.25) is 0 Å². The molecule has 1 aromatic heterocycles. The summed E-state index contributed by atoms with van der Waals surface area (Å²) in [6.45, 7) is 3.43. The van der Waals surface area contributed by atoms with Gasteiger partial charge < -0.3 is 14.8 Å². The lowest BCUT2D eigenvalue weighted by atomic mass is 10.1. The molecule has 146 valence electrons. The van der Waals surface area contributed by atoms with Crippen molar-refractivity contribution in [1.82, 2.24) is 25.5 Å². The second-order valence-electron chi connectivity index (χ2n) is 5.85. The van der Waals surface area contributed by atoms with Crippen LogP contribution < -0.4 is 10.1 Å². The van der Waals surface area contributed by atoms with E-state index in [4.69, 9.17) is 21.1 Å². The van der Waals surface area contributed by atoms with Crippen LogP contribution in [0.1, 0.15) is 28.4 Å². The van der Waals surface area contributed by atoms with Crippen molar-refractivity contribution < 1.29 is 14.3 Å². The Morgan fingerprint density at radius 2 is 2.04 bits per heavy atom. The van der Waals surface area contributed by atoms with Crippen molar-refractivity contribution in [3.63, 3.8) is 0 Å². The topological polar surface area (TPSA) is 91.2 Å². The molecule has 0 spiro atoms. The highest BCUT2D eigenvalue weighted by Crippen LogP contribution is 2.29. The molecule has 0 saturated carbocycles. The minimum Gasteiger partial charge on any atom is -0.496 e. The van der Waals surface area contributed by atoms with Gasteiger partial charge in [0, 0.05) is 19.2 Å². The molecule has 1 N–H and O–H groups in total. The van der Waals surface area contributed by atoms with Crippen LogP contribution in [-0.4, -0.2) is 39.8 Å². The Balaban J connectivity index is 1.79. The van der Waals surface area contributed by atoms with E-state index in [9.17, 15) is 4.79 Å². The SMILES string of the molecule is CCOCc1ccccc1CNC(=O)c1cc(Cl)c(-n2cnnn2)cc1OC. The van der Waals surface area contributed by atoms with Gasteiger partial charge in [-0.2, -0.15) is 4.68 Å². The van der Waals surface area contributed by atoms with Gasteiger partial charge in [0.15, 0.2) is 0 Å². The summed E-state index contributed by atoms with van der Waals surface area (Å²) < 4.78 is 12.3. The van der Waals surface area contributed by atoms with Crippen LogP contribution in [0.3, 0.4) is 0 Å². The summed E-state index contributed by atoms with van der Waals surface area (Å²) in [5.41, 5.74) is 2.86. The Morgan fingerprint density at radius 1 is 1.25 bits per heavy atom. The molecule has 3 aromatic rings. The van der Waals surface area contributed by atoms with Gasteiger partial charge in [0.1, 0.15) is 12.1 Å². The van der Waals surface area contributed by atoms with Crippen molar-refractivity contribution in [3.8, 4) is 11.4 Å². The minimum atomic E-state index is -0.298. The molecule has 0 aliphatic rings. The standard InChI is InChI=1S/C19H20ClN5O3/c1-3-28-11-14-7-5-4-6-13(14)10-21-19(26)15-8-16(20)17(9-18(15)27-2)25-12-22-23-24-25/h4-9,12H,3,10-11H2,1-2H3,(H,21,26). The van der Waals surface area contributed by atoms with Crippen LogP contribution in [-0.2, 0) is 17.9 Å². The van der Waals surface area contributed by atoms with Gasteiger partial charge >= 0.3 is 0 Å². The monoisotopic (exact) mass is 401 g/mol. The van der Waals surface area contributed by atoms with Crippen LogP contribution in [0, 0.1) is 0 Å². The number of amides is 1. The van der Waals surface area contributed by atoms with E-state index in [1.165, 1.54) is 18.1 Å². The number of ether oxygens (including phenoxy) is 2. The smallest absolute Gasteiger partial charge is 0.255 e. The van der Waals surface area contributed by atoms with E-state index < -0.39 is 0 Å². The Bertz CT molecular complexity index is 947. The molecule has 0 aliphatic carbocycles. The number of hydrogen-bond acceptors (Lipinski definition) is 6. The van der Waals surface area contributed by atoms with Crippen molar-refractivity contribution in [2.45, 2.75) is 20.1 Å². The van der Waals surface area contributed by atoms with E-state index in [0.29, 0.717) is 41.8 Å². The Hall–Kier alpha value is -2.97. The van der Waals surface area contributed by atoms with Gasteiger partial charge in [-0.15, -0.1) is 5.10 Å². The molecule has 0 aliphatic heterocycles. The molecule has 8 nitrogen and oxygen atoms in total. The zero-order valence-corrected chi connectivity index (χ0v) is 16.3. The molecule has 0 fully saturated rings. The number of nitrogens with zero attached hydrogens (tertiary/aromatic N) is 4. The number of benzene rings is 2. The molecule has 28 heavy (non-hydrogen) atoms. The fraction of sp³-hybridized carbons (Fsp3) is 0.263. The summed E-state index contributed by atoms with van der Waals surface area (Å²) in [7, 11) is 1.49. The van der Waals surface area contributed by atoms with E-state index in [1.807, 2.05) is 31.2 Å². The predicted octanol–water partition coefficient (Wildman–Crippen LogP) is 2.79. The van der Waals surface area contributed by atoms with Gasteiger partial charge in [-0.3, -0.25) is 4.79 Å². The summed E-state index contributed by atoms with van der Waals surface area (Å²) in [5, 5.41) is 14.2. The lowest BCUT2D eigenvalue weighted by Crippen LogP contribution is -2.24. The number of halogens is 1. The molecule has 2 aromatic carbocycles. The van der Waals surface area contributed by atoms with Crippen molar-refractivity contribution >= 4 is 17.5 Å². The van der Waals surface area contributed by atoms with Crippen molar-refractivity contribution in [2.24, 2.45) is 0 Å². The van der Waals surface area contributed by atoms with E-state index >= 15 is 0 Å². The third-order valence-electron chi connectivity index (χ3n) is 4.13. The first kappa shape index (κ1) is 19.8. The fourth-order valence-corrected chi connectivity index (χ4v) is 2.94. The molecule has 0 bridgehead atoms. The van der Waals surface area contributed by atoms with Crippen LogP contribution >= 0.6 is 11.6 Å². The normalized spacial score (nSPS) is 10.7. The second kappa shape index (κ2) is 9.29. The maximum atomic E-state index is 12.7. The Labute approximate surface area is 167 Å². The van der Waals surface area contributed by atoms with Crippen LogP contribution in [0.2, 0.25) is 5.02 Å². The number of rotatable bonds is 8. The first-order valence-electron chi connectivity index (χ1n) is 8.67. The van der Waals surface area contributed by atoms with Crippen molar-refractivity contribution in [3.05, 3.63) is 64.4 Å². The molecule has 0 radical (unpaired) electrons. The predicted molar refractivity (Wildman–Crippen MR) is 104 cm³/mol. The Morgan fingerprint density at radius 3 is 2.71 bits per heavy atom. The molecule has 9 heteroatoms. The summed E-state index contributed by atoms with van der Waals surface area (Å²) in [4.78, 5) is 12.7. The van der Waals surface area contributed by atoms with E-state index in [0.717, 1.165) is 11.1 Å². The van der Waals surface area contributed by atoms with Gasteiger partial charge in [-0.1, -0.05) is 35.9 Å². The van der Waals surface area contributed by atoms with Crippen LogP contribution in [0.5, 0.6) is 5.75 Å². The van der Waals surface area contributed by atoms with Crippen LogP contribution in [0.25, 0.3) is 5.69 Å². The van der Waals surface area contributed by atoms with E-state index in [1.54, 1.807) is 12.1 Å². The molecule has 1 amide bonds. The number of methoxy groups -OCH3 is 1.